The third-order valence-electron chi connectivity index (χ3n) is 4.72. The molecule has 0 bridgehead atoms. The minimum atomic E-state index is -0.247. The fourth-order valence-corrected chi connectivity index (χ4v) is 3.65. The number of rotatable bonds is 4. The van der Waals surface area contributed by atoms with E-state index in [0.717, 1.165) is 44.9 Å². The zero-order valence-corrected chi connectivity index (χ0v) is 13.0. The standard InChI is InChI=1S/C18H21FN2O2/c19-14-3-1-4-16(9-14)23-18-10-15-11-20(6-7-21(15)13-18)12-17-5-2-8-22-17/h1-5,8-9,15,18H,6-7,10-13H2. The summed E-state index contributed by atoms with van der Waals surface area (Å²) in [5, 5.41) is 0. The molecule has 3 heterocycles. The van der Waals surface area contributed by atoms with E-state index in [0.29, 0.717) is 11.8 Å². The second kappa shape index (κ2) is 6.34. The van der Waals surface area contributed by atoms with Gasteiger partial charge in [-0.05, 0) is 24.3 Å². The maximum atomic E-state index is 13.3. The Kier molecular flexibility index (Phi) is 4.06. The summed E-state index contributed by atoms with van der Waals surface area (Å²) in [5.74, 6) is 1.40. The molecule has 0 aliphatic carbocycles. The van der Waals surface area contributed by atoms with Gasteiger partial charge in [0.25, 0.3) is 0 Å². The Balaban J connectivity index is 1.34. The molecular weight excluding hydrogens is 295 g/mol. The number of nitrogens with zero attached hydrogens (tertiary/aromatic N) is 2. The Morgan fingerprint density at radius 3 is 2.96 bits per heavy atom. The largest absolute Gasteiger partial charge is 0.489 e. The van der Waals surface area contributed by atoms with E-state index >= 15 is 0 Å². The highest BCUT2D eigenvalue weighted by Crippen LogP contribution is 2.26. The van der Waals surface area contributed by atoms with Crippen LogP contribution in [0.25, 0.3) is 0 Å². The Bertz CT molecular complexity index is 646. The van der Waals surface area contributed by atoms with Gasteiger partial charge in [0.15, 0.2) is 0 Å². The van der Waals surface area contributed by atoms with Crippen molar-refractivity contribution in [3.05, 3.63) is 54.2 Å². The van der Waals surface area contributed by atoms with Crippen molar-refractivity contribution in [2.45, 2.75) is 25.1 Å². The molecule has 4 rings (SSSR count). The van der Waals surface area contributed by atoms with E-state index in [1.54, 1.807) is 12.3 Å². The molecule has 2 atom stereocenters. The maximum absolute atomic E-state index is 13.3. The average molecular weight is 316 g/mol. The lowest BCUT2D eigenvalue weighted by molar-refractivity contribution is 0.0927. The van der Waals surface area contributed by atoms with Gasteiger partial charge >= 0.3 is 0 Å². The molecule has 2 fully saturated rings. The number of piperazine rings is 1. The molecule has 2 unspecified atom stereocenters. The van der Waals surface area contributed by atoms with Crippen LogP contribution in [0.5, 0.6) is 5.75 Å². The van der Waals surface area contributed by atoms with Crippen molar-refractivity contribution >= 4 is 0 Å². The van der Waals surface area contributed by atoms with Crippen LogP contribution < -0.4 is 4.74 Å². The summed E-state index contributed by atoms with van der Waals surface area (Å²) >= 11 is 0. The highest BCUT2D eigenvalue weighted by molar-refractivity contribution is 5.23. The second-order valence-corrected chi connectivity index (χ2v) is 6.40. The van der Waals surface area contributed by atoms with Crippen molar-refractivity contribution in [2.75, 3.05) is 26.2 Å². The Morgan fingerprint density at radius 1 is 1.17 bits per heavy atom. The van der Waals surface area contributed by atoms with E-state index in [-0.39, 0.29) is 11.9 Å². The van der Waals surface area contributed by atoms with Gasteiger partial charge in [-0.2, -0.15) is 0 Å². The van der Waals surface area contributed by atoms with Gasteiger partial charge in [-0.15, -0.1) is 0 Å². The van der Waals surface area contributed by atoms with Crippen molar-refractivity contribution in [3.8, 4) is 5.75 Å². The molecule has 1 aromatic carbocycles. The third kappa shape index (κ3) is 3.41. The monoisotopic (exact) mass is 316 g/mol. The van der Waals surface area contributed by atoms with E-state index in [1.165, 1.54) is 12.1 Å². The number of benzene rings is 1. The zero-order chi connectivity index (χ0) is 15.6. The van der Waals surface area contributed by atoms with E-state index < -0.39 is 0 Å². The summed E-state index contributed by atoms with van der Waals surface area (Å²) in [7, 11) is 0. The number of furan rings is 1. The molecule has 23 heavy (non-hydrogen) atoms. The van der Waals surface area contributed by atoms with Gasteiger partial charge in [0.05, 0.1) is 12.8 Å². The SMILES string of the molecule is Fc1cccc(OC2CC3CN(Cc4ccco4)CCN3C2)c1. The summed E-state index contributed by atoms with van der Waals surface area (Å²) < 4.78 is 24.7. The summed E-state index contributed by atoms with van der Waals surface area (Å²) in [6.45, 7) is 4.92. The number of halogens is 1. The van der Waals surface area contributed by atoms with Crippen molar-refractivity contribution in [1.82, 2.24) is 9.80 Å². The Hall–Kier alpha value is -1.85. The van der Waals surface area contributed by atoms with Gasteiger partial charge in [0, 0.05) is 44.7 Å². The lowest BCUT2D eigenvalue weighted by atomic mass is 10.1. The summed E-state index contributed by atoms with van der Waals surface area (Å²) in [6, 6.07) is 10.9. The van der Waals surface area contributed by atoms with E-state index in [4.69, 9.17) is 9.15 Å². The first kappa shape index (κ1) is 14.7. The van der Waals surface area contributed by atoms with Gasteiger partial charge in [-0.25, -0.2) is 4.39 Å². The first-order valence-electron chi connectivity index (χ1n) is 8.17. The van der Waals surface area contributed by atoms with E-state index in [1.807, 2.05) is 18.2 Å². The van der Waals surface area contributed by atoms with Crippen LogP contribution in [-0.2, 0) is 6.54 Å². The molecule has 1 aromatic heterocycles. The molecule has 0 N–H and O–H groups in total. The average Bonchev–Trinajstić information content (AvgIpc) is 3.16. The smallest absolute Gasteiger partial charge is 0.126 e. The highest BCUT2D eigenvalue weighted by Gasteiger charge is 2.37. The second-order valence-electron chi connectivity index (χ2n) is 6.40. The molecule has 0 spiro atoms. The van der Waals surface area contributed by atoms with Crippen molar-refractivity contribution in [1.29, 1.82) is 0 Å². The van der Waals surface area contributed by atoms with Crippen LogP contribution in [0.4, 0.5) is 4.39 Å². The molecule has 4 nitrogen and oxygen atoms in total. The van der Waals surface area contributed by atoms with Crippen LogP contribution in [-0.4, -0.2) is 48.1 Å². The molecule has 0 amide bonds. The van der Waals surface area contributed by atoms with Crippen LogP contribution in [0, 0.1) is 5.82 Å². The molecular formula is C18H21FN2O2. The third-order valence-corrected chi connectivity index (χ3v) is 4.72. The Labute approximate surface area is 135 Å². The molecule has 2 saturated heterocycles. The van der Waals surface area contributed by atoms with Gasteiger partial charge in [0.2, 0.25) is 0 Å². The maximum Gasteiger partial charge on any atom is 0.126 e. The van der Waals surface area contributed by atoms with Crippen molar-refractivity contribution < 1.29 is 13.5 Å². The van der Waals surface area contributed by atoms with Gasteiger partial charge in [0.1, 0.15) is 23.4 Å². The van der Waals surface area contributed by atoms with Gasteiger partial charge in [-0.1, -0.05) is 6.07 Å². The lowest BCUT2D eigenvalue weighted by Crippen LogP contribution is -2.49. The molecule has 2 aliphatic heterocycles. The van der Waals surface area contributed by atoms with Crippen LogP contribution in [0.1, 0.15) is 12.2 Å². The van der Waals surface area contributed by atoms with Crippen LogP contribution in [0.2, 0.25) is 0 Å². The zero-order valence-electron chi connectivity index (χ0n) is 13.0. The fourth-order valence-electron chi connectivity index (χ4n) is 3.65. The predicted molar refractivity (Wildman–Crippen MR) is 84.8 cm³/mol. The van der Waals surface area contributed by atoms with Gasteiger partial charge in [-0.3, -0.25) is 9.80 Å². The van der Waals surface area contributed by atoms with Crippen LogP contribution >= 0.6 is 0 Å². The number of hydrogen-bond acceptors (Lipinski definition) is 4. The number of hydrogen-bond donors (Lipinski definition) is 0. The number of fused-ring (bicyclic) bond motifs is 1. The Morgan fingerprint density at radius 2 is 2.13 bits per heavy atom. The first-order chi connectivity index (χ1) is 11.3. The quantitative estimate of drug-likeness (QED) is 0.867. The topological polar surface area (TPSA) is 28.9 Å². The summed E-state index contributed by atoms with van der Waals surface area (Å²) in [5.41, 5.74) is 0. The van der Waals surface area contributed by atoms with E-state index in [9.17, 15) is 4.39 Å². The molecule has 2 aliphatic rings. The molecule has 5 heteroatoms. The minimum Gasteiger partial charge on any atom is -0.489 e. The molecule has 0 saturated carbocycles. The first-order valence-corrected chi connectivity index (χ1v) is 8.17. The minimum absolute atomic E-state index is 0.144. The molecule has 122 valence electrons. The highest BCUT2D eigenvalue weighted by atomic mass is 19.1. The van der Waals surface area contributed by atoms with Gasteiger partial charge < -0.3 is 9.15 Å². The molecule has 2 aromatic rings. The summed E-state index contributed by atoms with van der Waals surface area (Å²) in [4.78, 5) is 4.92. The van der Waals surface area contributed by atoms with Crippen molar-refractivity contribution in [3.63, 3.8) is 0 Å². The summed E-state index contributed by atoms with van der Waals surface area (Å²) in [6.07, 6.45) is 2.86. The normalized spacial score (nSPS) is 25.4. The van der Waals surface area contributed by atoms with Crippen molar-refractivity contribution in [2.24, 2.45) is 0 Å². The lowest BCUT2D eigenvalue weighted by Gasteiger charge is -2.36. The fraction of sp³-hybridized carbons (Fsp3) is 0.444. The van der Waals surface area contributed by atoms with Crippen LogP contribution in [0.3, 0.4) is 0 Å². The van der Waals surface area contributed by atoms with E-state index in [2.05, 4.69) is 9.80 Å². The predicted octanol–water partition coefficient (Wildman–Crippen LogP) is 2.76. The van der Waals surface area contributed by atoms with Crippen LogP contribution in [0.15, 0.2) is 47.1 Å². The molecule has 0 radical (unpaired) electrons. The number of ether oxygens (including phenoxy) is 1.